The first-order chi connectivity index (χ1) is 11.8. The SMILES string of the molecule is Cc1ccc(CN2C(=O)S/C(=C\c3c(C)cc(C)cc3C)C2=O)cc1. The fraction of sp³-hybridized carbons (Fsp3) is 0.238. The quantitative estimate of drug-likeness (QED) is 0.717. The molecule has 1 aliphatic rings. The second-order valence-corrected chi connectivity index (χ2v) is 7.56. The van der Waals surface area contributed by atoms with Crippen LogP contribution in [0, 0.1) is 27.7 Å². The van der Waals surface area contributed by atoms with Gasteiger partial charge >= 0.3 is 0 Å². The molecule has 0 aliphatic carbocycles. The van der Waals surface area contributed by atoms with Crippen molar-refractivity contribution in [1.29, 1.82) is 0 Å². The van der Waals surface area contributed by atoms with Gasteiger partial charge in [0, 0.05) is 0 Å². The van der Waals surface area contributed by atoms with Gasteiger partial charge in [0.15, 0.2) is 0 Å². The zero-order chi connectivity index (χ0) is 18.1. The Morgan fingerprint density at radius 1 is 0.920 bits per heavy atom. The Morgan fingerprint density at radius 3 is 2.12 bits per heavy atom. The third kappa shape index (κ3) is 3.69. The van der Waals surface area contributed by atoms with Crippen LogP contribution in [0.2, 0.25) is 0 Å². The number of amides is 2. The summed E-state index contributed by atoms with van der Waals surface area (Å²) >= 11 is 1.02. The number of thioether (sulfide) groups is 1. The van der Waals surface area contributed by atoms with Gasteiger partial charge in [-0.3, -0.25) is 14.5 Å². The van der Waals surface area contributed by atoms with Crippen LogP contribution < -0.4 is 0 Å². The van der Waals surface area contributed by atoms with Gasteiger partial charge in [0.05, 0.1) is 11.4 Å². The highest BCUT2D eigenvalue weighted by Crippen LogP contribution is 2.34. The van der Waals surface area contributed by atoms with Crippen LogP contribution in [-0.2, 0) is 11.3 Å². The summed E-state index contributed by atoms with van der Waals surface area (Å²) in [4.78, 5) is 26.8. The Morgan fingerprint density at radius 2 is 1.52 bits per heavy atom. The van der Waals surface area contributed by atoms with E-state index in [9.17, 15) is 9.59 Å². The molecule has 0 N–H and O–H groups in total. The average molecular weight is 351 g/mol. The molecule has 1 saturated heterocycles. The van der Waals surface area contributed by atoms with Gasteiger partial charge in [0.2, 0.25) is 0 Å². The molecule has 1 heterocycles. The first kappa shape index (κ1) is 17.5. The number of benzene rings is 2. The standard InChI is InChI=1S/C21H21NO2S/c1-13-5-7-17(8-6-13)12-22-20(23)19(25-21(22)24)11-18-15(3)9-14(2)10-16(18)4/h5-11H,12H2,1-4H3/b19-11-. The third-order valence-electron chi connectivity index (χ3n) is 4.35. The molecule has 0 unspecified atom stereocenters. The topological polar surface area (TPSA) is 37.4 Å². The van der Waals surface area contributed by atoms with Crippen molar-refractivity contribution in [2.45, 2.75) is 34.2 Å². The molecule has 2 amide bonds. The van der Waals surface area contributed by atoms with Crippen molar-refractivity contribution in [3.63, 3.8) is 0 Å². The van der Waals surface area contributed by atoms with Crippen molar-refractivity contribution in [1.82, 2.24) is 4.90 Å². The van der Waals surface area contributed by atoms with E-state index in [2.05, 4.69) is 19.1 Å². The van der Waals surface area contributed by atoms with Crippen molar-refractivity contribution in [2.24, 2.45) is 0 Å². The molecule has 3 rings (SSSR count). The second kappa shape index (κ2) is 6.89. The summed E-state index contributed by atoms with van der Waals surface area (Å²) in [7, 11) is 0. The van der Waals surface area contributed by atoms with E-state index >= 15 is 0 Å². The fourth-order valence-corrected chi connectivity index (χ4v) is 3.88. The van der Waals surface area contributed by atoms with Gasteiger partial charge in [0.25, 0.3) is 11.1 Å². The maximum absolute atomic E-state index is 12.7. The molecule has 1 fully saturated rings. The summed E-state index contributed by atoms with van der Waals surface area (Å²) < 4.78 is 0. The van der Waals surface area contributed by atoms with Crippen LogP contribution in [0.15, 0.2) is 41.3 Å². The summed E-state index contributed by atoms with van der Waals surface area (Å²) in [5, 5.41) is -0.209. The number of hydrogen-bond acceptors (Lipinski definition) is 3. The lowest BCUT2D eigenvalue weighted by Gasteiger charge is -2.12. The fourth-order valence-electron chi connectivity index (χ4n) is 3.06. The van der Waals surface area contributed by atoms with Gasteiger partial charge in [-0.1, -0.05) is 47.5 Å². The summed E-state index contributed by atoms with van der Waals surface area (Å²) in [6, 6.07) is 12.1. The second-order valence-electron chi connectivity index (χ2n) is 6.57. The molecule has 1 aliphatic heterocycles. The van der Waals surface area contributed by atoms with Crippen molar-refractivity contribution in [2.75, 3.05) is 0 Å². The largest absolute Gasteiger partial charge is 0.293 e. The zero-order valence-corrected chi connectivity index (χ0v) is 15.7. The molecule has 0 spiro atoms. The lowest BCUT2D eigenvalue weighted by Crippen LogP contribution is -2.27. The Kier molecular flexibility index (Phi) is 4.82. The van der Waals surface area contributed by atoms with Gasteiger partial charge in [-0.15, -0.1) is 0 Å². The van der Waals surface area contributed by atoms with Crippen LogP contribution in [0.3, 0.4) is 0 Å². The van der Waals surface area contributed by atoms with Crippen molar-refractivity contribution >= 4 is 29.0 Å². The Labute approximate surface area is 152 Å². The smallest absolute Gasteiger partial charge is 0.268 e. The van der Waals surface area contributed by atoms with Crippen LogP contribution >= 0.6 is 11.8 Å². The van der Waals surface area contributed by atoms with E-state index in [1.54, 1.807) is 0 Å². The molecule has 4 heteroatoms. The van der Waals surface area contributed by atoms with E-state index in [0.717, 1.165) is 39.6 Å². The number of aryl methyl sites for hydroxylation is 4. The minimum Gasteiger partial charge on any atom is -0.268 e. The van der Waals surface area contributed by atoms with Gasteiger partial charge in [-0.05, 0) is 67.8 Å². The lowest BCUT2D eigenvalue weighted by atomic mass is 9.99. The molecule has 0 bridgehead atoms. The van der Waals surface area contributed by atoms with Gasteiger partial charge in [0.1, 0.15) is 0 Å². The highest BCUT2D eigenvalue weighted by atomic mass is 32.2. The van der Waals surface area contributed by atoms with Crippen molar-refractivity contribution < 1.29 is 9.59 Å². The molecule has 25 heavy (non-hydrogen) atoms. The van der Waals surface area contributed by atoms with Gasteiger partial charge in [-0.25, -0.2) is 0 Å². The minimum absolute atomic E-state index is 0.209. The van der Waals surface area contributed by atoms with Crippen LogP contribution in [0.4, 0.5) is 4.79 Å². The number of nitrogens with zero attached hydrogens (tertiary/aromatic N) is 1. The van der Waals surface area contributed by atoms with E-state index in [1.807, 2.05) is 51.1 Å². The minimum atomic E-state index is -0.213. The first-order valence-electron chi connectivity index (χ1n) is 8.24. The highest BCUT2D eigenvalue weighted by molar-refractivity contribution is 8.18. The molecule has 0 radical (unpaired) electrons. The Balaban J connectivity index is 1.87. The van der Waals surface area contributed by atoms with Crippen LogP contribution in [0.1, 0.15) is 33.4 Å². The number of hydrogen-bond donors (Lipinski definition) is 0. The average Bonchev–Trinajstić information content (AvgIpc) is 2.80. The summed E-state index contributed by atoms with van der Waals surface area (Å²) in [5.41, 5.74) is 6.55. The van der Waals surface area contributed by atoms with E-state index in [1.165, 1.54) is 10.5 Å². The molecule has 0 aromatic heterocycles. The van der Waals surface area contributed by atoms with Gasteiger partial charge in [-0.2, -0.15) is 0 Å². The van der Waals surface area contributed by atoms with Crippen molar-refractivity contribution in [3.8, 4) is 0 Å². The maximum Gasteiger partial charge on any atom is 0.293 e. The van der Waals surface area contributed by atoms with Crippen molar-refractivity contribution in [3.05, 3.63) is 74.7 Å². The van der Waals surface area contributed by atoms with Crippen LogP contribution in [0.5, 0.6) is 0 Å². The molecule has 0 saturated carbocycles. The van der Waals surface area contributed by atoms with E-state index < -0.39 is 0 Å². The van der Waals surface area contributed by atoms with E-state index in [0.29, 0.717) is 11.4 Å². The normalized spacial score (nSPS) is 16.2. The Hall–Kier alpha value is -2.33. The van der Waals surface area contributed by atoms with E-state index in [4.69, 9.17) is 0 Å². The van der Waals surface area contributed by atoms with Gasteiger partial charge < -0.3 is 0 Å². The maximum atomic E-state index is 12.7. The third-order valence-corrected chi connectivity index (χ3v) is 5.26. The van der Waals surface area contributed by atoms with Crippen LogP contribution in [0.25, 0.3) is 6.08 Å². The summed E-state index contributed by atoms with van der Waals surface area (Å²) in [6.07, 6.45) is 1.85. The van der Waals surface area contributed by atoms with E-state index in [-0.39, 0.29) is 11.1 Å². The molecular formula is C21H21NO2S. The predicted molar refractivity (Wildman–Crippen MR) is 103 cm³/mol. The highest BCUT2D eigenvalue weighted by Gasteiger charge is 2.35. The molecule has 128 valence electrons. The Bertz CT molecular complexity index is 858. The molecular weight excluding hydrogens is 330 g/mol. The monoisotopic (exact) mass is 351 g/mol. The zero-order valence-electron chi connectivity index (χ0n) is 14.9. The number of imide groups is 1. The summed E-state index contributed by atoms with van der Waals surface area (Å²) in [6.45, 7) is 8.44. The molecule has 3 nitrogen and oxygen atoms in total. The molecule has 2 aromatic carbocycles. The molecule has 0 atom stereocenters. The predicted octanol–water partition coefficient (Wildman–Crippen LogP) is 5.16. The molecule has 2 aromatic rings. The summed E-state index contributed by atoms with van der Waals surface area (Å²) in [5.74, 6) is -0.213. The number of carbonyl (C=O) groups excluding carboxylic acids is 2. The number of rotatable bonds is 3. The number of carbonyl (C=O) groups is 2. The van der Waals surface area contributed by atoms with Crippen LogP contribution in [-0.4, -0.2) is 16.0 Å². The first-order valence-corrected chi connectivity index (χ1v) is 9.05. The lowest BCUT2D eigenvalue weighted by molar-refractivity contribution is -0.123.